The third-order valence-corrected chi connectivity index (χ3v) is 7.48. The van der Waals surface area contributed by atoms with Gasteiger partial charge in [0.25, 0.3) is 0 Å². The summed E-state index contributed by atoms with van der Waals surface area (Å²) in [5.74, 6) is 3.05. The van der Waals surface area contributed by atoms with Crippen molar-refractivity contribution >= 4 is 11.3 Å². The van der Waals surface area contributed by atoms with Crippen LogP contribution in [0.1, 0.15) is 68.0 Å². The van der Waals surface area contributed by atoms with Crippen LogP contribution in [0.4, 0.5) is 0 Å². The van der Waals surface area contributed by atoms with Crippen molar-refractivity contribution in [1.29, 1.82) is 0 Å². The minimum Gasteiger partial charge on any atom is -0.312 e. The van der Waals surface area contributed by atoms with Crippen molar-refractivity contribution in [2.24, 2.45) is 17.8 Å². The van der Waals surface area contributed by atoms with Gasteiger partial charge in [0.05, 0.1) is 10.7 Å². The normalized spacial score (nSPS) is 37.3. The van der Waals surface area contributed by atoms with Gasteiger partial charge in [-0.15, -0.1) is 11.3 Å². The first-order valence-electron chi connectivity index (χ1n) is 8.92. The fraction of sp³-hybridized carbons (Fsp3) is 0.833. The second kappa shape index (κ2) is 5.34. The lowest BCUT2D eigenvalue weighted by Gasteiger charge is -2.56. The highest BCUT2D eigenvalue weighted by atomic mass is 32.1. The molecule has 1 aromatic heterocycles. The Morgan fingerprint density at radius 1 is 1.10 bits per heavy atom. The van der Waals surface area contributed by atoms with E-state index in [1.165, 1.54) is 54.1 Å². The zero-order valence-corrected chi connectivity index (χ0v) is 14.3. The van der Waals surface area contributed by atoms with Gasteiger partial charge in [0.1, 0.15) is 0 Å². The average molecular weight is 305 g/mol. The van der Waals surface area contributed by atoms with E-state index in [0.717, 1.165) is 37.3 Å². The van der Waals surface area contributed by atoms with Gasteiger partial charge in [0, 0.05) is 16.8 Å². The number of hydrogen-bond acceptors (Lipinski definition) is 3. The molecule has 0 saturated heterocycles. The Bertz CT molecular complexity index is 484. The molecule has 4 fully saturated rings. The molecule has 0 unspecified atom stereocenters. The first-order valence-corrected chi connectivity index (χ1v) is 9.74. The van der Waals surface area contributed by atoms with Crippen LogP contribution in [0.5, 0.6) is 0 Å². The maximum atomic E-state index is 5.15. The summed E-state index contributed by atoms with van der Waals surface area (Å²) in [7, 11) is 0. The molecule has 4 aliphatic carbocycles. The van der Waals surface area contributed by atoms with Gasteiger partial charge in [-0.3, -0.25) is 0 Å². The van der Waals surface area contributed by atoms with Crippen molar-refractivity contribution < 1.29 is 0 Å². The Balaban J connectivity index is 1.65. The van der Waals surface area contributed by atoms with Crippen LogP contribution in [0.3, 0.4) is 0 Å². The summed E-state index contributed by atoms with van der Waals surface area (Å²) in [6.45, 7) is 6.51. The first kappa shape index (κ1) is 14.2. The molecule has 0 radical (unpaired) electrons. The molecule has 0 atom stereocenters. The molecule has 3 heteroatoms. The molecule has 5 rings (SSSR count). The van der Waals surface area contributed by atoms with E-state index in [-0.39, 0.29) is 0 Å². The van der Waals surface area contributed by atoms with Crippen molar-refractivity contribution in [1.82, 2.24) is 10.3 Å². The van der Waals surface area contributed by atoms with Crippen LogP contribution < -0.4 is 5.32 Å². The number of aromatic nitrogens is 1. The summed E-state index contributed by atoms with van der Waals surface area (Å²) < 4.78 is 0. The topological polar surface area (TPSA) is 24.9 Å². The molecule has 1 heterocycles. The molecule has 0 spiro atoms. The van der Waals surface area contributed by atoms with E-state index in [2.05, 4.69) is 19.2 Å². The van der Waals surface area contributed by atoms with Gasteiger partial charge in [-0.25, -0.2) is 4.98 Å². The predicted octanol–water partition coefficient (Wildman–Crippen LogP) is 4.28. The molecule has 2 nitrogen and oxygen atoms in total. The van der Waals surface area contributed by atoms with E-state index in [1.807, 2.05) is 11.3 Å². The number of aryl methyl sites for hydroxylation is 1. The molecule has 4 bridgehead atoms. The summed E-state index contributed by atoms with van der Waals surface area (Å²) in [5, 5.41) is 5.00. The van der Waals surface area contributed by atoms with Crippen LogP contribution in [0.2, 0.25) is 0 Å². The number of hydrogen-bond donors (Lipinski definition) is 1. The third-order valence-electron chi connectivity index (χ3n) is 6.14. The number of thiazole rings is 1. The second-order valence-corrected chi connectivity index (χ2v) is 8.80. The quantitative estimate of drug-likeness (QED) is 0.878. The fourth-order valence-corrected chi connectivity index (χ4v) is 6.97. The van der Waals surface area contributed by atoms with E-state index in [9.17, 15) is 0 Å². The van der Waals surface area contributed by atoms with Gasteiger partial charge in [-0.05, 0) is 69.2 Å². The fourth-order valence-electron chi connectivity index (χ4n) is 5.64. The minimum absolute atomic E-state index is 0.480. The van der Waals surface area contributed by atoms with E-state index in [0.29, 0.717) is 5.41 Å². The molecule has 21 heavy (non-hydrogen) atoms. The largest absolute Gasteiger partial charge is 0.312 e. The van der Waals surface area contributed by atoms with Gasteiger partial charge in [-0.2, -0.15) is 0 Å². The van der Waals surface area contributed by atoms with Crippen LogP contribution >= 0.6 is 11.3 Å². The Labute approximate surface area is 132 Å². The molecule has 0 aromatic carbocycles. The maximum Gasteiger partial charge on any atom is 0.0993 e. The first-order chi connectivity index (χ1) is 10.2. The predicted molar refractivity (Wildman–Crippen MR) is 88.7 cm³/mol. The lowest BCUT2D eigenvalue weighted by Crippen LogP contribution is -2.48. The summed E-state index contributed by atoms with van der Waals surface area (Å²) in [6, 6.07) is 0. The van der Waals surface area contributed by atoms with Crippen LogP contribution in [0.25, 0.3) is 0 Å². The van der Waals surface area contributed by atoms with Crippen molar-refractivity contribution in [2.75, 3.05) is 6.54 Å². The van der Waals surface area contributed by atoms with Gasteiger partial charge in [-0.1, -0.05) is 13.8 Å². The maximum absolute atomic E-state index is 5.15. The Hall–Kier alpha value is -0.410. The molecule has 1 N–H and O–H groups in total. The van der Waals surface area contributed by atoms with Gasteiger partial charge in [0.15, 0.2) is 0 Å². The molecular formula is C18H28N2S. The van der Waals surface area contributed by atoms with Gasteiger partial charge >= 0.3 is 0 Å². The highest BCUT2D eigenvalue weighted by Crippen LogP contribution is 2.61. The molecule has 4 aliphatic rings. The number of nitrogens with zero attached hydrogens (tertiary/aromatic N) is 1. The Morgan fingerprint density at radius 3 is 2.24 bits per heavy atom. The average Bonchev–Trinajstić information content (AvgIpc) is 2.87. The molecule has 4 saturated carbocycles. The van der Waals surface area contributed by atoms with E-state index in [4.69, 9.17) is 4.98 Å². The highest BCUT2D eigenvalue weighted by Gasteiger charge is 2.53. The van der Waals surface area contributed by atoms with Crippen molar-refractivity contribution in [3.05, 3.63) is 15.6 Å². The highest BCUT2D eigenvalue weighted by molar-refractivity contribution is 7.11. The van der Waals surface area contributed by atoms with Gasteiger partial charge < -0.3 is 5.32 Å². The van der Waals surface area contributed by atoms with Crippen LogP contribution in [-0.4, -0.2) is 11.5 Å². The summed E-state index contributed by atoms with van der Waals surface area (Å²) in [5.41, 5.74) is 1.85. The Morgan fingerprint density at radius 2 is 1.71 bits per heavy atom. The van der Waals surface area contributed by atoms with Crippen LogP contribution in [0.15, 0.2) is 0 Å². The van der Waals surface area contributed by atoms with E-state index in [1.54, 1.807) is 0 Å². The zero-order valence-electron chi connectivity index (χ0n) is 13.5. The molecule has 1 aromatic rings. The van der Waals surface area contributed by atoms with E-state index < -0.39 is 0 Å². The van der Waals surface area contributed by atoms with E-state index >= 15 is 0 Å². The van der Waals surface area contributed by atoms with Crippen molar-refractivity contribution in [3.63, 3.8) is 0 Å². The summed E-state index contributed by atoms with van der Waals surface area (Å²) >= 11 is 2.04. The Kier molecular flexibility index (Phi) is 3.61. The third kappa shape index (κ3) is 2.37. The van der Waals surface area contributed by atoms with Crippen molar-refractivity contribution in [2.45, 2.75) is 70.8 Å². The number of nitrogens with one attached hydrogen (secondary N) is 1. The molecular weight excluding hydrogens is 276 g/mol. The summed E-state index contributed by atoms with van der Waals surface area (Å²) in [4.78, 5) is 6.65. The van der Waals surface area contributed by atoms with Gasteiger partial charge in [0.2, 0.25) is 0 Å². The minimum atomic E-state index is 0.480. The zero-order chi connectivity index (χ0) is 14.4. The van der Waals surface area contributed by atoms with Crippen LogP contribution in [-0.2, 0) is 18.4 Å². The van der Waals surface area contributed by atoms with Crippen molar-refractivity contribution in [3.8, 4) is 0 Å². The standard InChI is InChI=1S/C18H28N2S/c1-3-15-16(11-19-4-2)21-17(20-15)18-8-12-5-13(9-18)7-14(6-12)10-18/h12-14,19H,3-11H2,1-2H3. The SMILES string of the molecule is CCNCc1sc(C23CC4CC(CC(C4)C2)C3)nc1CC. The van der Waals surface area contributed by atoms with Crippen LogP contribution in [0, 0.1) is 17.8 Å². The molecule has 116 valence electrons. The monoisotopic (exact) mass is 304 g/mol. The second-order valence-electron chi connectivity index (χ2n) is 7.72. The number of rotatable bonds is 5. The molecule has 0 amide bonds. The lowest BCUT2D eigenvalue weighted by molar-refractivity contribution is -0.00533. The lowest BCUT2D eigenvalue weighted by atomic mass is 9.50. The molecule has 0 aliphatic heterocycles. The smallest absolute Gasteiger partial charge is 0.0993 e. The summed E-state index contributed by atoms with van der Waals surface area (Å²) in [6.07, 6.45) is 9.98.